The first kappa shape index (κ1) is 25.2. The lowest BCUT2D eigenvalue weighted by atomic mass is 9.90. The van der Waals surface area contributed by atoms with E-state index in [-0.39, 0.29) is 30.2 Å². The number of carbonyl (C=O) groups is 2. The number of nitrogens with two attached hydrogens (primary N) is 1. The number of carbonyl (C=O) groups excluding carboxylic acids is 2. The minimum absolute atomic E-state index is 0.0223. The van der Waals surface area contributed by atoms with Gasteiger partial charge in [0.15, 0.2) is 0 Å². The van der Waals surface area contributed by atoms with Crippen LogP contribution < -0.4 is 11.1 Å². The van der Waals surface area contributed by atoms with E-state index in [1.165, 1.54) is 0 Å². The zero-order valence-electron chi connectivity index (χ0n) is 20.4. The van der Waals surface area contributed by atoms with Gasteiger partial charge >= 0.3 is 0 Å². The van der Waals surface area contributed by atoms with Crippen LogP contribution in [0.2, 0.25) is 5.02 Å². The monoisotopic (exact) mass is 495 g/mol. The number of rotatable bonds is 8. The summed E-state index contributed by atoms with van der Waals surface area (Å²) < 4.78 is 1.76. The average molecular weight is 496 g/mol. The molecule has 3 N–H and O–H groups in total. The Morgan fingerprint density at radius 2 is 1.97 bits per heavy atom. The summed E-state index contributed by atoms with van der Waals surface area (Å²) in [5.41, 5.74) is 8.97. The van der Waals surface area contributed by atoms with E-state index in [1.54, 1.807) is 16.7 Å². The Labute approximate surface area is 211 Å². The molecule has 186 valence electrons. The number of piperidine rings is 1. The van der Waals surface area contributed by atoms with Crippen LogP contribution in [-0.2, 0) is 11.2 Å². The standard InChI is InChI=1S/C27H34ClN5O2/c1-18(2)13-20(19-8-10-21(28)11-9-19)15-30-27(35)24-6-3-7-25-31-23(17-33(24)25)14-26(34)32-12-4-5-22(29)16-32/h3,6-11,17-18,20,22H,4-5,12-16,29H2,1-2H3,(H,30,35)/t20?,22-/m1/s1. The van der Waals surface area contributed by atoms with Crippen LogP contribution in [-0.4, -0.2) is 51.8 Å². The highest BCUT2D eigenvalue weighted by Gasteiger charge is 2.23. The van der Waals surface area contributed by atoms with Gasteiger partial charge in [-0.1, -0.05) is 43.6 Å². The Morgan fingerprint density at radius 3 is 2.69 bits per heavy atom. The summed E-state index contributed by atoms with van der Waals surface area (Å²) in [5.74, 6) is 0.520. The number of fused-ring (bicyclic) bond motifs is 1. The molecule has 35 heavy (non-hydrogen) atoms. The summed E-state index contributed by atoms with van der Waals surface area (Å²) in [6.07, 6.45) is 4.81. The van der Waals surface area contributed by atoms with Crippen molar-refractivity contribution >= 4 is 29.1 Å². The Balaban J connectivity index is 1.46. The third-order valence-electron chi connectivity index (χ3n) is 6.52. The maximum absolute atomic E-state index is 13.2. The van der Waals surface area contributed by atoms with Gasteiger partial charge in [0.2, 0.25) is 5.91 Å². The number of hydrogen-bond acceptors (Lipinski definition) is 4. The molecule has 1 aliphatic heterocycles. The first-order chi connectivity index (χ1) is 16.8. The van der Waals surface area contributed by atoms with Gasteiger partial charge in [-0.2, -0.15) is 0 Å². The second-order valence-corrected chi connectivity index (χ2v) is 10.3. The summed E-state index contributed by atoms with van der Waals surface area (Å²) >= 11 is 6.06. The number of imidazole rings is 1. The molecule has 7 nitrogen and oxygen atoms in total. The van der Waals surface area contributed by atoms with Crippen LogP contribution in [0.3, 0.4) is 0 Å². The van der Waals surface area contributed by atoms with Gasteiger partial charge < -0.3 is 16.0 Å². The number of halogens is 1. The highest BCUT2D eigenvalue weighted by Crippen LogP contribution is 2.25. The minimum Gasteiger partial charge on any atom is -0.350 e. The van der Waals surface area contributed by atoms with Crippen molar-refractivity contribution in [2.45, 2.75) is 51.5 Å². The number of nitrogens with zero attached hydrogens (tertiary/aromatic N) is 3. The molecule has 0 bridgehead atoms. The van der Waals surface area contributed by atoms with Crippen LogP contribution in [0, 0.1) is 5.92 Å². The highest BCUT2D eigenvalue weighted by molar-refractivity contribution is 6.30. The Morgan fingerprint density at radius 1 is 1.20 bits per heavy atom. The zero-order valence-corrected chi connectivity index (χ0v) is 21.2. The Bertz CT molecular complexity index is 1170. The van der Waals surface area contributed by atoms with E-state index in [0.717, 1.165) is 31.4 Å². The fraction of sp³-hybridized carbons (Fsp3) is 0.444. The second kappa shape index (κ2) is 11.2. The lowest BCUT2D eigenvalue weighted by Gasteiger charge is -2.30. The summed E-state index contributed by atoms with van der Waals surface area (Å²) in [6, 6.07) is 13.3. The molecule has 0 spiro atoms. The average Bonchev–Trinajstić information content (AvgIpc) is 3.24. The van der Waals surface area contributed by atoms with Crippen LogP contribution in [0.4, 0.5) is 0 Å². The van der Waals surface area contributed by atoms with Crippen molar-refractivity contribution in [3.05, 3.63) is 70.6 Å². The molecule has 1 aliphatic rings. The van der Waals surface area contributed by atoms with Gasteiger partial charge in [-0.25, -0.2) is 4.98 Å². The maximum Gasteiger partial charge on any atom is 0.268 e. The fourth-order valence-corrected chi connectivity index (χ4v) is 4.91. The second-order valence-electron chi connectivity index (χ2n) is 9.88. The van der Waals surface area contributed by atoms with Gasteiger partial charge in [0, 0.05) is 42.8 Å². The molecule has 3 aromatic rings. The van der Waals surface area contributed by atoms with E-state index in [0.29, 0.717) is 41.1 Å². The van der Waals surface area contributed by atoms with Crippen LogP contribution >= 0.6 is 11.6 Å². The largest absolute Gasteiger partial charge is 0.350 e. The number of pyridine rings is 1. The summed E-state index contributed by atoms with van der Waals surface area (Å²) in [7, 11) is 0. The third kappa shape index (κ3) is 6.41. The van der Waals surface area contributed by atoms with Gasteiger partial charge in [-0.3, -0.25) is 14.0 Å². The van der Waals surface area contributed by atoms with Crippen molar-refractivity contribution in [1.82, 2.24) is 19.6 Å². The molecule has 2 aromatic heterocycles. The molecule has 4 rings (SSSR count). The number of benzene rings is 1. The molecule has 0 radical (unpaired) electrons. The normalized spacial score (nSPS) is 17.1. The molecule has 1 saturated heterocycles. The van der Waals surface area contributed by atoms with Crippen molar-refractivity contribution in [2.24, 2.45) is 11.7 Å². The van der Waals surface area contributed by atoms with Crippen molar-refractivity contribution < 1.29 is 9.59 Å². The molecule has 1 unspecified atom stereocenters. The molecule has 2 atom stereocenters. The van der Waals surface area contributed by atoms with E-state index in [2.05, 4.69) is 24.1 Å². The number of aromatic nitrogens is 2. The molecular weight excluding hydrogens is 462 g/mol. The number of amides is 2. The first-order valence-electron chi connectivity index (χ1n) is 12.3. The topological polar surface area (TPSA) is 92.7 Å². The number of nitrogens with one attached hydrogen (secondary N) is 1. The maximum atomic E-state index is 13.2. The van der Waals surface area contributed by atoms with Crippen LogP contribution in [0.15, 0.2) is 48.7 Å². The zero-order chi connectivity index (χ0) is 24.9. The van der Waals surface area contributed by atoms with Gasteiger partial charge in [0.05, 0.1) is 12.1 Å². The van der Waals surface area contributed by atoms with Gasteiger partial charge in [0.1, 0.15) is 11.3 Å². The van der Waals surface area contributed by atoms with Crippen LogP contribution in [0.1, 0.15) is 60.8 Å². The molecule has 1 fully saturated rings. The summed E-state index contributed by atoms with van der Waals surface area (Å²) in [5, 5.41) is 3.81. The van der Waals surface area contributed by atoms with Crippen molar-refractivity contribution in [1.29, 1.82) is 0 Å². The lowest BCUT2D eigenvalue weighted by Crippen LogP contribution is -2.46. The molecule has 8 heteroatoms. The summed E-state index contributed by atoms with van der Waals surface area (Å²) in [4.78, 5) is 32.4. The minimum atomic E-state index is -0.171. The molecule has 1 aromatic carbocycles. The van der Waals surface area contributed by atoms with E-state index in [1.807, 2.05) is 41.3 Å². The number of likely N-dealkylation sites (tertiary alicyclic amines) is 1. The quantitative estimate of drug-likeness (QED) is 0.493. The van der Waals surface area contributed by atoms with Crippen molar-refractivity contribution in [3.8, 4) is 0 Å². The SMILES string of the molecule is CC(C)CC(CNC(=O)c1cccc2nc(CC(=O)N3CCC[C@@H](N)C3)cn12)c1ccc(Cl)cc1. The predicted molar refractivity (Wildman–Crippen MR) is 139 cm³/mol. The number of hydrogen-bond donors (Lipinski definition) is 2. The van der Waals surface area contributed by atoms with Crippen LogP contribution in [0.25, 0.3) is 5.65 Å². The molecule has 2 amide bonds. The van der Waals surface area contributed by atoms with Gasteiger partial charge in [-0.15, -0.1) is 0 Å². The smallest absolute Gasteiger partial charge is 0.268 e. The van der Waals surface area contributed by atoms with Gasteiger partial charge in [-0.05, 0) is 55.0 Å². The third-order valence-corrected chi connectivity index (χ3v) is 6.78. The molecule has 3 heterocycles. The fourth-order valence-electron chi connectivity index (χ4n) is 4.78. The van der Waals surface area contributed by atoms with Crippen molar-refractivity contribution in [3.63, 3.8) is 0 Å². The first-order valence-corrected chi connectivity index (χ1v) is 12.7. The molecule has 0 saturated carbocycles. The molecule has 0 aliphatic carbocycles. The van der Waals surface area contributed by atoms with Crippen molar-refractivity contribution in [2.75, 3.05) is 19.6 Å². The Kier molecular flexibility index (Phi) is 8.08. The van der Waals surface area contributed by atoms with E-state index in [4.69, 9.17) is 17.3 Å². The van der Waals surface area contributed by atoms with E-state index in [9.17, 15) is 9.59 Å². The highest BCUT2D eigenvalue weighted by atomic mass is 35.5. The Hall–Kier alpha value is -2.90. The van der Waals surface area contributed by atoms with Crippen LogP contribution in [0.5, 0.6) is 0 Å². The molecular formula is C27H34ClN5O2. The van der Waals surface area contributed by atoms with E-state index < -0.39 is 0 Å². The predicted octanol–water partition coefficient (Wildman–Crippen LogP) is 4.04. The lowest BCUT2D eigenvalue weighted by molar-refractivity contribution is -0.131. The summed E-state index contributed by atoms with van der Waals surface area (Å²) in [6.45, 7) is 6.20. The van der Waals surface area contributed by atoms with Gasteiger partial charge in [0.25, 0.3) is 5.91 Å². The van der Waals surface area contributed by atoms with E-state index >= 15 is 0 Å².